The first kappa shape index (κ1) is 21.9. The molecule has 2 atom stereocenters. The van der Waals surface area contributed by atoms with Crippen molar-refractivity contribution in [1.29, 1.82) is 0 Å². The van der Waals surface area contributed by atoms with Gasteiger partial charge in [-0.05, 0) is 49.1 Å². The van der Waals surface area contributed by atoms with Gasteiger partial charge in [0.1, 0.15) is 11.6 Å². The van der Waals surface area contributed by atoms with Gasteiger partial charge in [-0.3, -0.25) is 4.79 Å². The summed E-state index contributed by atoms with van der Waals surface area (Å²) in [6.45, 7) is 5.58. The topological polar surface area (TPSA) is 74.6 Å². The van der Waals surface area contributed by atoms with Crippen molar-refractivity contribution in [3.8, 4) is 0 Å². The van der Waals surface area contributed by atoms with E-state index in [4.69, 9.17) is 4.42 Å². The van der Waals surface area contributed by atoms with Crippen LogP contribution >= 0.6 is 0 Å². The van der Waals surface area contributed by atoms with E-state index in [9.17, 15) is 14.0 Å². The number of hydrogen-bond donors (Lipinski definition) is 2. The summed E-state index contributed by atoms with van der Waals surface area (Å²) in [5, 5.41) is 5.85. The minimum absolute atomic E-state index is 0.0330. The van der Waals surface area contributed by atoms with Gasteiger partial charge in [-0.15, -0.1) is 0 Å². The van der Waals surface area contributed by atoms with Crippen molar-refractivity contribution in [2.45, 2.75) is 45.6 Å². The Bertz CT molecular complexity index is 853. The molecule has 2 heterocycles. The van der Waals surface area contributed by atoms with Crippen LogP contribution in [0.2, 0.25) is 0 Å². The van der Waals surface area contributed by atoms with Crippen molar-refractivity contribution in [1.82, 2.24) is 15.5 Å². The number of urea groups is 1. The highest BCUT2D eigenvalue weighted by atomic mass is 19.1. The molecule has 0 saturated carbocycles. The number of amides is 3. The Labute approximate surface area is 176 Å². The number of nitrogens with one attached hydrogen (secondary N) is 2. The van der Waals surface area contributed by atoms with Crippen LogP contribution in [0.15, 0.2) is 41.0 Å². The Morgan fingerprint density at radius 3 is 2.77 bits per heavy atom. The summed E-state index contributed by atoms with van der Waals surface area (Å²) in [4.78, 5) is 27.2. The predicted octanol–water partition coefficient (Wildman–Crippen LogP) is 3.96. The number of likely N-dealkylation sites (tertiary alicyclic amines) is 1. The van der Waals surface area contributed by atoms with E-state index in [0.29, 0.717) is 43.9 Å². The second-order valence-corrected chi connectivity index (χ2v) is 7.93. The largest absolute Gasteiger partial charge is 0.467 e. The van der Waals surface area contributed by atoms with Gasteiger partial charge in [0, 0.05) is 25.6 Å². The van der Waals surface area contributed by atoms with Crippen LogP contribution in [0.25, 0.3) is 0 Å². The van der Waals surface area contributed by atoms with Crippen molar-refractivity contribution in [3.05, 3.63) is 59.3 Å². The first-order valence-corrected chi connectivity index (χ1v) is 10.6. The maximum Gasteiger partial charge on any atom is 0.317 e. The summed E-state index contributed by atoms with van der Waals surface area (Å²) >= 11 is 0. The van der Waals surface area contributed by atoms with Crippen LogP contribution in [0, 0.1) is 18.7 Å². The van der Waals surface area contributed by atoms with Crippen LogP contribution in [0.1, 0.15) is 49.0 Å². The molecule has 2 N–H and O–H groups in total. The molecule has 2 aromatic rings. The molecule has 30 heavy (non-hydrogen) atoms. The zero-order valence-corrected chi connectivity index (χ0v) is 17.6. The lowest BCUT2D eigenvalue weighted by Crippen LogP contribution is -2.51. The highest BCUT2D eigenvalue weighted by Crippen LogP contribution is 2.31. The molecule has 3 rings (SSSR count). The number of hydrogen-bond acceptors (Lipinski definition) is 3. The summed E-state index contributed by atoms with van der Waals surface area (Å²) in [5.41, 5.74) is 1.51. The Morgan fingerprint density at radius 2 is 2.07 bits per heavy atom. The van der Waals surface area contributed by atoms with E-state index in [0.717, 1.165) is 18.4 Å². The fourth-order valence-corrected chi connectivity index (χ4v) is 3.83. The average Bonchev–Trinajstić information content (AvgIpc) is 3.27. The number of benzene rings is 1. The van der Waals surface area contributed by atoms with Gasteiger partial charge in [0.25, 0.3) is 0 Å². The Balaban J connectivity index is 1.72. The van der Waals surface area contributed by atoms with E-state index < -0.39 is 0 Å². The first-order chi connectivity index (χ1) is 14.5. The zero-order valence-electron chi connectivity index (χ0n) is 17.6. The molecular formula is C23H30FN3O3. The van der Waals surface area contributed by atoms with Crippen LogP contribution in [-0.4, -0.2) is 36.5 Å². The third kappa shape index (κ3) is 5.62. The van der Waals surface area contributed by atoms with Gasteiger partial charge in [-0.1, -0.05) is 25.5 Å². The molecule has 0 spiro atoms. The summed E-state index contributed by atoms with van der Waals surface area (Å²) in [7, 11) is 0. The number of nitrogens with zero attached hydrogens (tertiary/aromatic N) is 1. The van der Waals surface area contributed by atoms with Crippen molar-refractivity contribution >= 4 is 11.9 Å². The average molecular weight is 416 g/mol. The highest BCUT2D eigenvalue weighted by molar-refractivity contribution is 5.81. The molecule has 0 bridgehead atoms. The second-order valence-electron chi connectivity index (χ2n) is 7.93. The van der Waals surface area contributed by atoms with Gasteiger partial charge >= 0.3 is 6.03 Å². The number of carbonyl (C=O) groups is 2. The molecule has 0 unspecified atom stereocenters. The molecule has 0 radical (unpaired) electrons. The van der Waals surface area contributed by atoms with Crippen LogP contribution in [0.3, 0.4) is 0 Å². The Kier molecular flexibility index (Phi) is 7.49. The molecule has 0 aliphatic carbocycles. The molecule has 1 aromatic heterocycles. The van der Waals surface area contributed by atoms with Crippen molar-refractivity contribution in [2.75, 3.05) is 19.6 Å². The quantitative estimate of drug-likeness (QED) is 0.672. The summed E-state index contributed by atoms with van der Waals surface area (Å²) in [6, 6.07) is 8.45. The number of furan rings is 1. The molecule has 1 aliphatic heterocycles. The summed E-state index contributed by atoms with van der Waals surface area (Å²) < 4.78 is 19.0. The number of unbranched alkanes of at least 4 members (excludes halogenated alkanes) is 1. The minimum Gasteiger partial charge on any atom is -0.467 e. The van der Waals surface area contributed by atoms with Gasteiger partial charge in [0.05, 0.1) is 18.7 Å². The van der Waals surface area contributed by atoms with Crippen molar-refractivity contribution in [3.63, 3.8) is 0 Å². The standard InChI is InChI=1S/C23H30FN3O3/c1-3-4-9-25-23(29)27-14-18(17-7-8-21(24)16(2)11-17)12-19(15-27)22(28)26-13-20-6-5-10-30-20/h5-8,10-11,18-19H,3-4,9,12-15H2,1-2H3,(H,25,29)(H,26,28)/t18-,19-/m0/s1. The van der Waals surface area contributed by atoms with E-state index in [2.05, 4.69) is 17.6 Å². The molecule has 1 fully saturated rings. The maximum atomic E-state index is 13.7. The first-order valence-electron chi connectivity index (χ1n) is 10.6. The van der Waals surface area contributed by atoms with Gasteiger partial charge in [-0.25, -0.2) is 9.18 Å². The lowest BCUT2D eigenvalue weighted by Gasteiger charge is -2.37. The summed E-state index contributed by atoms with van der Waals surface area (Å²) in [5.74, 6) is -0.0628. The molecule has 1 saturated heterocycles. The van der Waals surface area contributed by atoms with E-state index in [1.807, 2.05) is 6.07 Å². The monoisotopic (exact) mass is 415 g/mol. The molecule has 1 aliphatic rings. The summed E-state index contributed by atoms with van der Waals surface area (Å²) in [6.07, 6.45) is 4.08. The van der Waals surface area contributed by atoms with Crippen LogP contribution in [0.4, 0.5) is 9.18 Å². The van der Waals surface area contributed by atoms with E-state index in [-0.39, 0.29) is 29.6 Å². The molecular weight excluding hydrogens is 385 g/mol. The highest BCUT2D eigenvalue weighted by Gasteiger charge is 2.34. The van der Waals surface area contributed by atoms with E-state index in [1.165, 1.54) is 6.07 Å². The lowest BCUT2D eigenvalue weighted by atomic mass is 9.83. The van der Waals surface area contributed by atoms with Gasteiger partial charge in [0.2, 0.25) is 5.91 Å². The van der Waals surface area contributed by atoms with Crippen molar-refractivity contribution < 1.29 is 18.4 Å². The predicted molar refractivity (Wildman–Crippen MR) is 112 cm³/mol. The van der Waals surface area contributed by atoms with Gasteiger partial charge in [0.15, 0.2) is 0 Å². The van der Waals surface area contributed by atoms with E-state index in [1.54, 1.807) is 36.3 Å². The fourth-order valence-electron chi connectivity index (χ4n) is 3.83. The second kappa shape index (κ2) is 10.3. The Hall–Kier alpha value is -2.83. The van der Waals surface area contributed by atoms with Crippen LogP contribution in [-0.2, 0) is 11.3 Å². The van der Waals surface area contributed by atoms with Gasteiger partial charge < -0.3 is 20.0 Å². The molecule has 7 heteroatoms. The molecule has 3 amide bonds. The van der Waals surface area contributed by atoms with E-state index >= 15 is 0 Å². The molecule has 162 valence electrons. The SMILES string of the molecule is CCCCNC(=O)N1C[C@@H](C(=O)NCc2ccco2)C[C@H](c2ccc(F)c(C)c2)C1. The molecule has 1 aromatic carbocycles. The number of piperidine rings is 1. The van der Waals surface area contributed by atoms with Crippen molar-refractivity contribution in [2.24, 2.45) is 5.92 Å². The minimum atomic E-state index is -0.346. The maximum absolute atomic E-state index is 13.7. The number of carbonyl (C=O) groups excluding carboxylic acids is 2. The lowest BCUT2D eigenvalue weighted by molar-refractivity contribution is -0.126. The van der Waals surface area contributed by atoms with Gasteiger partial charge in [-0.2, -0.15) is 0 Å². The molecule has 6 nitrogen and oxygen atoms in total. The fraction of sp³-hybridized carbons (Fsp3) is 0.478. The zero-order chi connectivity index (χ0) is 21.5. The third-order valence-corrected chi connectivity index (χ3v) is 5.59. The Morgan fingerprint density at radius 1 is 1.23 bits per heavy atom. The number of halogens is 1. The van der Waals surface area contributed by atoms with Crippen LogP contribution < -0.4 is 10.6 Å². The third-order valence-electron chi connectivity index (χ3n) is 5.59. The smallest absolute Gasteiger partial charge is 0.317 e. The van der Waals surface area contributed by atoms with Crippen LogP contribution in [0.5, 0.6) is 0 Å². The number of aryl methyl sites for hydroxylation is 1. The normalized spacial score (nSPS) is 18.8. The number of rotatable bonds is 7.